The summed E-state index contributed by atoms with van der Waals surface area (Å²) in [5.41, 5.74) is 0. The smallest absolute Gasteiger partial charge is 0.0594 e. The molecule has 0 spiro atoms. The maximum atomic E-state index is 5.48. The van der Waals surface area contributed by atoms with Gasteiger partial charge in [-0.25, -0.2) is 0 Å². The van der Waals surface area contributed by atoms with E-state index in [2.05, 4.69) is 29.0 Å². The van der Waals surface area contributed by atoms with E-state index in [9.17, 15) is 0 Å². The summed E-state index contributed by atoms with van der Waals surface area (Å²) >= 11 is 0. The van der Waals surface area contributed by atoms with Crippen molar-refractivity contribution in [3.05, 3.63) is 0 Å². The molecule has 4 nitrogen and oxygen atoms in total. The second-order valence-corrected chi connectivity index (χ2v) is 7.17. The van der Waals surface area contributed by atoms with Gasteiger partial charge in [-0.05, 0) is 39.2 Å². The van der Waals surface area contributed by atoms with Gasteiger partial charge >= 0.3 is 0 Å². The van der Waals surface area contributed by atoms with E-state index in [0.29, 0.717) is 6.04 Å². The Balaban J connectivity index is 1.58. The van der Waals surface area contributed by atoms with Crippen LogP contribution in [0, 0.1) is 0 Å². The molecule has 4 heteroatoms. The highest BCUT2D eigenvalue weighted by Crippen LogP contribution is 2.35. The minimum Gasteiger partial charge on any atom is -0.379 e. The molecule has 3 fully saturated rings. The first-order valence-corrected chi connectivity index (χ1v) is 9.09. The molecule has 0 amide bonds. The van der Waals surface area contributed by atoms with Gasteiger partial charge in [0.05, 0.1) is 13.2 Å². The van der Waals surface area contributed by atoms with Crippen molar-refractivity contribution in [2.45, 2.75) is 70.1 Å². The summed E-state index contributed by atoms with van der Waals surface area (Å²) < 4.78 is 5.48. The highest BCUT2D eigenvalue weighted by atomic mass is 16.5. The lowest BCUT2D eigenvalue weighted by Gasteiger charge is -2.52. The van der Waals surface area contributed by atoms with Gasteiger partial charge in [0.2, 0.25) is 0 Å². The van der Waals surface area contributed by atoms with E-state index in [0.717, 1.165) is 51.0 Å². The molecular formula is C17H33N3O. The minimum atomic E-state index is 0.695. The quantitative estimate of drug-likeness (QED) is 0.835. The van der Waals surface area contributed by atoms with Crippen molar-refractivity contribution in [3.8, 4) is 0 Å². The van der Waals surface area contributed by atoms with Crippen LogP contribution in [0.3, 0.4) is 0 Å². The Kier molecular flexibility index (Phi) is 5.54. The zero-order valence-electron chi connectivity index (χ0n) is 13.9. The molecule has 3 saturated heterocycles. The van der Waals surface area contributed by atoms with Crippen LogP contribution in [0.2, 0.25) is 0 Å². The van der Waals surface area contributed by atoms with Crippen molar-refractivity contribution in [3.63, 3.8) is 0 Å². The van der Waals surface area contributed by atoms with Crippen LogP contribution < -0.4 is 5.32 Å². The number of fused-ring (bicyclic) bond motifs is 2. The second-order valence-electron chi connectivity index (χ2n) is 7.17. The van der Waals surface area contributed by atoms with Crippen molar-refractivity contribution < 1.29 is 4.74 Å². The van der Waals surface area contributed by atoms with Gasteiger partial charge in [0.15, 0.2) is 0 Å². The Morgan fingerprint density at radius 2 is 1.81 bits per heavy atom. The van der Waals surface area contributed by atoms with Crippen molar-refractivity contribution in [2.24, 2.45) is 0 Å². The molecule has 0 aliphatic carbocycles. The average molecular weight is 295 g/mol. The van der Waals surface area contributed by atoms with Crippen LogP contribution in [0.15, 0.2) is 0 Å². The first kappa shape index (κ1) is 15.7. The Labute approximate surface area is 130 Å². The van der Waals surface area contributed by atoms with Crippen LogP contribution in [-0.2, 0) is 4.74 Å². The van der Waals surface area contributed by atoms with E-state index in [1.807, 2.05) is 0 Å². The third kappa shape index (κ3) is 3.79. The monoisotopic (exact) mass is 295 g/mol. The van der Waals surface area contributed by atoms with E-state index < -0.39 is 0 Å². The number of morpholine rings is 1. The molecule has 3 aliphatic rings. The SMILES string of the molecule is CCNC1CC2CCCC(C1)N2C(C)CN1CCOCC1. The van der Waals surface area contributed by atoms with Crippen LogP contribution in [0.4, 0.5) is 0 Å². The normalized spacial score (nSPS) is 36.6. The molecule has 3 aliphatic heterocycles. The molecule has 0 aromatic carbocycles. The fourth-order valence-corrected chi connectivity index (χ4v) is 4.84. The summed E-state index contributed by atoms with van der Waals surface area (Å²) in [4.78, 5) is 5.48. The fraction of sp³-hybridized carbons (Fsp3) is 1.00. The number of hydrogen-bond donors (Lipinski definition) is 1. The largest absolute Gasteiger partial charge is 0.379 e. The molecule has 3 unspecified atom stereocenters. The van der Waals surface area contributed by atoms with Crippen LogP contribution in [0.5, 0.6) is 0 Å². The summed E-state index contributed by atoms with van der Waals surface area (Å²) in [5, 5.41) is 3.70. The lowest BCUT2D eigenvalue weighted by atomic mass is 9.80. The Morgan fingerprint density at radius 3 is 2.43 bits per heavy atom. The molecule has 0 saturated carbocycles. The molecule has 2 bridgehead atoms. The van der Waals surface area contributed by atoms with Gasteiger partial charge < -0.3 is 10.1 Å². The summed E-state index contributed by atoms with van der Waals surface area (Å²) in [5.74, 6) is 0. The molecule has 0 radical (unpaired) electrons. The maximum absolute atomic E-state index is 5.48. The van der Waals surface area contributed by atoms with Crippen molar-refractivity contribution in [1.29, 1.82) is 0 Å². The van der Waals surface area contributed by atoms with E-state index in [1.165, 1.54) is 38.6 Å². The molecule has 3 atom stereocenters. The lowest BCUT2D eigenvalue weighted by Crippen LogP contribution is -2.61. The maximum Gasteiger partial charge on any atom is 0.0594 e. The van der Waals surface area contributed by atoms with Crippen molar-refractivity contribution in [1.82, 2.24) is 15.1 Å². The summed E-state index contributed by atoms with van der Waals surface area (Å²) in [6, 6.07) is 3.09. The minimum absolute atomic E-state index is 0.695. The molecule has 122 valence electrons. The number of rotatable bonds is 5. The van der Waals surface area contributed by atoms with E-state index in [-0.39, 0.29) is 0 Å². The van der Waals surface area contributed by atoms with Gasteiger partial charge in [0.25, 0.3) is 0 Å². The van der Waals surface area contributed by atoms with E-state index >= 15 is 0 Å². The third-order valence-corrected chi connectivity index (χ3v) is 5.66. The zero-order chi connectivity index (χ0) is 14.7. The summed E-state index contributed by atoms with van der Waals surface area (Å²) in [6.45, 7) is 11.1. The van der Waals surface area contributed by atoms with Crippen molar-refractivity contribution >= 4 is 0 Å². The van der Waals surface area contributed by atoms with Gasteiger partial charge in [0, 0.05) is 43.8 Å². The van der Waals surface area contributed by atoms with Crippen LogP contribution >= 0.6 is 0 Å². The third-order valence-electron chi connectivity index (χ3n) is 5.66. The fourth-order valence-electron chi connectivity index (χ4n) is 4.84. The Bertz CT molecular complexity index is 305. The number of ether oxygens (including phenoxy) is 1. The number of piperidine rings is 2. The van der Waals surface area contributed by atoms with E-state index in [4.69, 9.17) is 4.74 Å². The van der Waals surface area contributed by atoms with Gasteiger partial charge in [-0.2, -0.15) is 0 Å². The predicted molar refractivity (Wildman–Crippen MR) is 86.7 cm³/mol. The van der Waals surface area contributed by atoms with Crippen LogP contribution in [0.25, 0.3) is 0 Å². The van der Waals surface area contributed by atoms with E-state index in [1.54, 1.807) is 0 Å². The molecule has 3 heterocycles. The summed E-state index contributed by atoms with van der Waals surface area (Å²) in [7, 11) is 0. The van der Waals surface area contributed by atoms with Crippen molar-refractivity contribution in [2.75, 3.05) is 39.4 Å². The van der Waals surface area contributed by atoms with Crippen LogP contribution in [0.1, 0.15) is 46.0 Å². The standard InChI is InChI=1S/C17H33N3O/c1-3-18-15-11-16-5-4-6-17(12-15)20(16)14(2)13-19-7-9-21-10-8-19/h14-18H,3-13H2,1-2H3. The van der Waals surface area contributed by atoms with Gasteiger partial charge in [0.1, 0.15) is 0 Å². The topological polar surface area (TPSA) is 27.7 Å². The number of nitrogens with zero attached hydrogens (tertiary/aromatic N) is 2. The Morgan fingerprint density at radius 1 is 1.14 bits per heavy atom. The summed E-state index contributed by atoms with van der Waals surface area (Å²) in [6.07, 6.45) is 6.97. The number of hydrogen-bond acceptors (Lipinski definition) is 4. The average Bonchev–Trinajstić information content (AvgIpc) is 2.47. The molecule has 0 aromatic rings. The lowest BCUT2D eigenvalue weighted by molar-refractivity contribution is -0.0292. The van der Waals surface area contributed by atoms with Crippen LogP contribution in [-0.4, -0.2) is 73.4 Å². The molecule has 21 heavy (non-hydrogen) atoms. The van der Waals surface area contributed by atoms with Gasteiger partial charge in [-0.15, -0.1) is 0 Å². The molecule has 0 aromatic heterocycles. The predicted octanol–water partition coefficient (Wildman–Crippen LogP) is 1.70. The number of nitrogens with one attached hydrogen (secondary N) is 1. The Hall–Kier alpha value is -0.160. The molecule has 1 N–H and O–H groups in total. The molecular weight excluding hydrogens is 262 g/mol. The second kappa shape index (κ2) is 7.40. The first-order valence-electron chi connectivity index (χ1n) is 9.09. The highest BCUT2D eigenvalue weighted by molar-refractivity contribution is 4.97. The highest BCUT2D eigenvalue weighted by Gasteiger charge is 2.40. The van der Waals surface area contributed by atoms with Gasteiger partial charge in [-0.3, -0.25) is 9.80 Å². The first-order chi connectivity index (χ1) is 10.3. The molecule has 3 rings (SSSR count). The van der Waals surface area contributed by atoms with Gasteiger partial charge in [-0.1, -0.05) is 13.3 Å². The zero-order valence-corrected chi connectivity index (χ0v) is 13.9.